The number of hydrogen-bond acceptors (Lipinski definition) is 4. The van der Waals surface area contributed by atoms with E-state index >= 15 is 0 Å². The Balaban J connectivity index is 3.20. The molecule has 12 heavy (non-hydrogen) atoms. The number of thiol groups is 1. The van der Waals surface area contributed by atoms with Crippen molar-refractivity contribution in [3.8, 4) is 0 Å². The lowest BCUT2D eigenvalue weighted by Crippen LogP contribution is -1.77. The summed E-state index contributed by atoms with van der Waals surface area (Å²) >= 11 is 0. The molecule has 0 unspecified atom stereocenters. The van der Waals surface area contributed by atoms with Gasteiger partial charge in [0.1, 0.15) is 0 Å². The van der Waals surface area contributed by atoms with E-state index in [4.69, 9.17) is 0 Å². The van der Waals surface area contributed by atoms with Crippen LogP contribution in [0, 0.1) is 0 Å². The number of carbonyl (C=O) groups excluding carboxylic acids is 1. The molecule has 0 amide bonds. The normalized spacial score (nSPS) is 9.42. The minimum Gasteiger partial charge on any atom is -0.227 e. The van der Waals surface area contributed by atoms with E-state index in [1.165, 1.54) is 30.3 Å². The summed E-state index contributed by atoms with van der Waals surface area (Å²) < 4.78 is 20.9. The predicted molar refractivity (Wildman–Crippen MR) is 42.8 cm³/mol. The molecule has 0 saturated carbocycles. The van der Waals surface area contributed by atoms with Crippen LogP contribution in [0.5, 0.6) is 0 Å². The van der Waals surface area contributed by atoms with Gasteiger partial charge in [-0.25, -0.2) is 13.2 Å². The van der Waals surface area contributed by atoms with E-state index in [2.05, 4.69) is 4.99 Å². The molecule has 0 aliphatic heterocycles. The van der Waals surface area contributed by atoms with Gasteiger partial charge in [-0.2, -0.15) is 4.99 Å². The van der Waals surface area contributed by atoms with Gasteiger partial charge in [-0.05, 0) is 18.2 Å². The molecule has 0 aliphatic carbocycles. The SMILES string of the molecule is O=C=Nc1cccc([SH](=O)=O)c1. The van der Waals surface area contributed by atoms with E-state index in [0.29, 0.717) is 5.69 Å². The molecule has 0 heterocycles. The largest absolute Gasteiger partial charge is 0.240 e. The van der Waals surface area contributed by atoms with E-state index in [0.717, 1.165) is 0 Å². The third-order valence-electron chi connectivity index (χ3n) is 1.22. The molecule has 0 bridgehead atoms. The van der Waals surface area contributed by atoms with Gasteiger partial charge in [0.15, 0.2) is 10.7 Å². The number of aliphatic imine (C=N–C) groups is 1. The fourth-order valence-electron chi connectivity index (χ4n) is 0.729. The van der Waals surface area contributed by atoms with Crippen LogP contribution in [0.1, 0.15) is 0 Å². The Kier molecular flexibility index (Phi) is 2.74. The molecule has 1 aromatic carbocycles. The van der Waals surface area contributed by atoms with E-state index < -0.39 is 10.7 Å². The maximum atomic E-state index is 10.5. The van der Waals surface area contributed by atoms with Crippen molar-refractivity contribution in [2.45, 2.75) is 4.90 Å². The summed E-state index contributed by atoms with van der Waals surface area (Å²) in [7, 11) is -2.61. The average molecular weight is 183 g/mol. The van der Waals surface area contributed by atoms with Gasteiger partial charge in [-0.1, -0.05) is 6.07 Å². The zero-order chi connectivity index (χ0) is 8.97. The minimum atomic E-state index is -2.61. The van der Waals surface area contributed by atoms with Crippen molar-refractivity contribution in [1.82, 2.24) is 0 Å². The fourth-order valence-corrected chi connectivity index (χ4v) is 1.17. The summed E-state index contributed by atoms with van der Waals surface area (Å²) in [6, 6.07) is 5.76. The number of isocyanates is 1. The highest BCUT2D eigenvalue weighted by Crippen LogP contribution is 2.13. The van der Waals surface area contributed by atoms with Gasteiger partial charge in [-0.15, -0.1) is 0 Å². The molecule has 0 radical (unpaired) electrons. The Morgan fingerprint density at radius 1 is 1.33 bits per heavy atom. The van der Waals surface area contributed by atoms with Crippen LogP contribution >= 0.6 is 0 Å². The highest BCUT2D eigenvalue weighted by molar-refractivity contribution is 7.72. The maximum absolute atomic E-state index is 10.5. The maximum Gasteiger partial charge on any atom is 0.240 e. The first kappa shape index (κ1) is 8.64. The summed E-state index contributed by atoms with van der Waals surface area (Å²) in [6.45, 7) is 0. The van der Waals surface area contributed by atoms with E-state index in [9.17, 15) is 13.2 Å². The topological polar surface area (TPSA) is 63.6 Å². The fraction of sp³-hybridized carbons (Fsp3) is 0. The molecule has 0 aliphatic rings. The second-order valence-corrected chi connectivity index (χ2v) is 3.01. The van der Waals surface area contributed by atoms with Gasteiger partial charge in [0.05, 0.1) is 10.6 Å². The number of rotatable bonds is 2. The lowest BCUT2D eigenvalue weighted by molar-refractivity contribution is 0.565. The van der Waals surface area contributed by atoms with Crippen LogP contribution in [0.2, 0.25) is 0 Å². The van der Waals surface area contributed by atoms with Crippen LogP contribution in [-0.4, -0.2) is 14.5 Å². The molecule has 5 heteroatoms. The molecule has 0 atom stereocenters. The molecule has 0 aromatic heterocycles. The first-order valence-electron chi connectivity index (χ1n) is 3.06. The van der Waals surface area contributed by atoms with Crippen molar-refractivity contribution < 1.29 is 13.2 Å². The van der Waals surface area contributed by atoms with Gasteiger partial charge < -0.3 is 0 Å². The molecule has 62 valence electrons. The van der Waals surface area contributed by atoms with Crippen molar-refractivity contribution in [2.24, 2.45) is 4.99 Å². The van der Waals surface area contributed by atoms with Crippen LogP contribution in [-0.2, 0) is 15.5 Å². The van der Waals surface area contributed by atoms with Crippen molar-refractivity contribution in [3.05, 3.63) is 24.3 Å². The Morgan fingerprint density at radius 3 is 2.67 bits per heavy atom. The van der Waals surface area contributed by atoms with Gasteiger partial charge in [0.25, 0.3) is 0 Å². The third-order valence-corrected chi connectivity index (χ3v) is 1.92. The van der Waals surface area contributed by atoms with Gasteiger partial charge in [-0.3, -0.25) is 0 Å². The summed E-state index contributed by atoms with van der Waals surface area (Å²) in [6.07, 6.45) is 1.33. The molecule has 0 fully saturated rings. The quantitative estimate of drug-likeness (QED) is 0.415. The van der Waals surface area contributed by atoms with Crippen molar-refractivity contribution in [2.75, 3.05) is 0 Å². The average Bonchev–Trinajstić information content (AvgIpc) is 2.05. The van der Waals surface area contributed by atoms with Crippen LogP contribution in [0.3, 0.4) is 0 Å². The predicted octanol–water partition coefficient (Wildman–Crippen LogP) is 0.624. The lowest BCUT2D eigenvalue weighted by Gasteiger charge is -1.90. The summed E-state index contributed by atoms with van der Waals surface area (Å²) in [5, 5.41) is 0. The molecule has 1 aromatic rings. The third kappa shape index (κ3) is 2.02. The van der Waals surface area contributed by atoms with Crippen LogP contribution in [0.4, 0.5) is 5.69 Å². The number of hydrogen-bond donors (Lipinski definition) is 1. The zero-order valence-electron chi connectivity index (χ0n) is 5.93. The second-order valence-electron chi connectivity index (χ2n) is 1.98. The zero-order valence-corrected chi connectivity index (χ0v) is 6.82. The monoisotopic (exact) mass is 183 g/mol. The molecular weight excluding hydrogens is 178 g/mol. The van der Waals surface area contributed by atoms with E-state index in [1.807, 2.05) is 0 Å². The standard InChI is InChI=1S/C7H5NO3S/c9-5-8-6-2-1-3-7(4-6)12(10)11/h1-4,12H. The van der Waals surface area contributed by atoms with Crippen molar-refractivity contribution in [1.29, 1.82) is 0 Å². The Morgan fingerprint density at radius 2 is 2.08 bits per heavy atom. The highest BCUT2D eigenvalue weighted by Gasteiger charge is 1.94. The van der Waals surface area contributed by atoms with Crippen molar-refractivity contribution in [3.63, 3.8) is 0 Å². The lowest BCUT2D eigenvalue weighted by atomic mass is 10.3. The van der Waals surface area contributed by atoms with Crippen LogP contribution in [0.15, 0.2) is 34.2 Å². The van der Waals surface area contributed by atoms with Crippen LogP contribution < -0.4 is 0 Å². The summed E-state index contributed by atoms with van der Waals surface area (Å²) in [4.78, 5) is 13.2. The van der Waals surface area contributed by atoms with E-state index in [-0.39, 0.29) is 4.90 Å². The first-order chi connectivity index (χ1) is 5.74. The summed E-state index contributed by atoms with van der Waals surface area (Å²) in [5.41, 5.74) is 0.293. The van der Waals surface area contributed by atoms with Crippen molar-refractivity contribution >= 4 is 22.5 Å². The van der Waals surface area contributed by atoms with Gasteiger partial charge >= 0.3 is 0 Å². The van der Waals surface area contributed by atoms with Gasteiger partial charge in [0, 0.05) is 0 Å². The second kappa shape index (κ2) is 3.80. The molecule has 0 N–H and O–H groups in total. The van der Waals surface area contributed by atoms with Gasteiger partial charge in [0.2, 0.25) is 6.08 Å². The van der Waals surface area contributed by atoms with Crippen LogP contribution in [0.25, 0.3) is 0 Å². The minimum absolute atomic E-state index is 0.140. The van der Waals surface area contributed by atoms with E-state index in [1.54, 1.807) is 0 Å². The Labute approximate surface area is 70.5 Å². The molecule has 1 rings (SSSR count). The molecule has 0 saturated heterocycles. The molecular formula is C7H5NO3S. The molecule has 0 spiro atoms. The first-order valence-corrected chi connectivity index (χ1v) is 4.24. The summed E-state index contributed by atoms with van der Waals surface area (Å²) in [5.74, 6) is 0. The number of benzene rings is 1. The Hall–Kier alpha value is -1.45. The smallest absolute Gasteiger partial charge is 0.227 e. The Bertz CT molecular complexity index is 397. The number of nitrogens with zero attached hydrogens (tertiary/aromatic N) is 1. The molecule has 4 nitrogen and oxygen atoms in total. The highest BCUT2D eigenvalue weighted by atomic mass is 32.2.